The molecule has 1 aromatic heterocycles. The number of nitrogens with zero attached hydrogens (tertiary/aromatic N) is 2. The van der Waals surface area contributed by atoms with Gasteiger partial charge in [0.05, 0.1) is 10.9 Å². The van der Waals surface area contributed by atoms with Crippen molar-refractivity contribution in [2.45, 2.75) is 56.8 Å². The quantitative estimate of drug-likeness (QED) is 0.660. The first-order valence-electron chi connectivity index (χ1n) is 9.92. The van der Waals surface area contributed by atoms with Crippen molar-refractivity contribution in [3.05, 3.63) is 45.1 Å². The SMILES string of the molecule is O=C(O)CNC(=O)Cn1c(=O)n(C2CC3CCCC(C2)N3)c(=O)c2ccccc21. The highest BCUT2D eigenvalue weighted by Crippen LogP contribution is 2.31. The zero-order valence-corrected chi connectivity index (χ0v) is 16.0. The van der Waals surface area contributed by atoms with Gasteiger partial charge in [0.25, 0.3) is 5.56 Å². The Hall–Kier alpha value is -2.94. The molecule has 2 bridgehead atoms. The Morgan fingerprint density at radius 1 is 1.14 bits per heavy atom. The van der Waals surface area contributed by atoms with E-state index in [9.17, 15) is 19.2 Å². The summed E-state index contributed by atoms with van der Waals surface area (Å²) in [5.74, 6) is -1.76. The molecule has 2 saturated heterocycles. The van der Waals surface area contributed by atoms with Gasteiger partial charge in [0, 0.05) is 18.1 Å². The number of benzene rings is 1. The van der Waals surface area contributed by atoms with Crippen LogP contribution in [0.5, 0.6) is 0 Å². The molecule has 0 spiro atoms. The number of para-hydroxylation sites is 1. The summed E-state index contributed by atoms with van der Waals surface area (Å²) in [6.07, 6.45) is 4.61. The van der Waals surface area contributed by atoms with Gasteiger partial charge in [0.15, 0.2) is 0 Å². The molecule has 3 N–H and O–H groups in total. The van der Waals surface area contributed by atoms with E-state index in [-0.39, 0.29) is 30.2 Å². The second-order valence-corrected chi connectivity index (χ2v) is 7.85. The molecule has 9 heteroatoms. The van der Waals surface area contributed by atoms with Crippen molar-refractivity contribution in [3.63, 3.8) is 0 Å². The number of amides is 1. The van der Waals surface area contributed by atoms with E-state index in [0.29, 0.717) is 23.7 Å². The normalized spacial score (nSPS) is 23.7. The number of hydrogen-bond donors (Lipinski definition) is 3. The molecule has 2 aliphatic heterocycles. The Morgan fingerprint density at radius 3 is 2.52 bits per heavy atom. The summed E-state index contributed by atoms with van der Waals surface area (Å²) >= 11 is 0. The van der Waals surface area contributed by atoms with E-state index in [4.69, 9.17) is 5.11 Å². The minimum absolute atomic E-state index is 0.218. The zero-order valence-electron chi connectivity index (χ0n) is 16.0. The van der Waals surface area contributed by atoms with Crippen LogP contribution in [0.3, 0.4) is 0 Å². The lowest BCUT2D eigenvalue weighted by atomic mass is 9.84. The number of carboxylic acids is 1. The van der Waals surface area contributed by atoms with Crippen LogP contribution >= 0.6 is 0 Å². The van der Waals surface area contributed by atoms with E-state index in [1.54, 1.807) is 24.3 Å². The Bertz CT molecular complexity index is 1060. The van der Waals surface area contributed by atoms with Crippen LogP contribution in [0.15, 0.2) is 33.9 Å². The summed E-state index contributed by atoms with van der Waals surface area (Å²) in [5.41, 5.74) is -0.486. The number of carboxylic acid groups (broad SMARTS) is 1. The molecule has 1 aromatic carbocycles. The van der Waals surface area contributed by atoms with E-state index in [2.05, 4.69) is 10.6 Å². The number of fused-ring (bicyclic) bond motifs is 3. The van der Waals surface area contributed by atoms with Gasteiger partial charge < -0.3 is 15.7 Å². The highest BCUT2D eigenvalue weighted by molar-refractivity contribution is 5.83. The maximum absolute atomic E-state index is 13.3. The Balaban J connectivity index is 1.77. The topological polar surface area (TPSA) is 122 Å². The van der Waals surface area contributed by atoms with Gasteiger partial charge in [-0.3, -0.25) is 23.5 Å². The minimum Gasteiger partial charge on any atom is -0.480 e. The molecular weight excluding hydrogens is 376 g/mol. The predicted molar refractivity (Wildman–Crippen MR) is 106 cm³/mol. The first-order valence-corrected chi connectivity index (χ1v) is 9.92. The van der Waals surface area contributed by atoms with Crippen LogP contribution in [0.1, 0.15) is 38.1 Å². The summed E-state index contributed by atoms with van der Waals surface area (Å²) in [4.78, 5) is 49.4. The molecule has 2 unspecified atom stereocenters. The smallest absolute Gasteiger partial charge is 0.332 e. The maximum Gasteiger partial charge on any atom is 0.332 e. The van der Waals surface area contributed by atoms with Crippen LogP contribution in [-0.2, 0) is 16.1 Å². The van der Waals surface area contributed by atoms with Crippen LogP contribution in [0, 0.1) is 0 Å². The third-order valence-electron chi connectivity index (χ3n) is 5.87. The highest BCUT2D eigenvalue weighted by atomic mass is 16.4. The Labute approximate surface area is 166 Å². The van der Waals surface area contributed by atoms with Gasteiger partial charge in [0.2, 0.25) is 5.91 Å². The summed E-state index contributed by atoms with van der Waals surface area (Å²) in [7, 11) is 0. The summed E-state index contributed by atoms with van der Waals surface area (Å²) in [6.45, 7) is -0.868. The molecule has 9 nitrogen and oxygen atoms in total. The molecule has 4 rings (SSSR count). The minimum atomic E-state index is -1.17. The van der Waals surface area contributed by atoms with E-state index in [1.807, 2.05) is 0 Å². The first-order chi connectivity index (χ1) is 13.9. The van der Waals surface area contributed by atoms with Crippen LogP contribution in [-0.4, -0.2) is 44.7 Å². The fourth-order valence-corrected chi connectivity index (χ4v) is 4.63. The average molecular weight is 400 g/mol. The predicted octanol–water partition coefficient (Wildman–Crippen LogP) is 0.210. The molecule has 2 aliphatic rings. The molecule has 2 atom stereocenters. The number of carbonyl (C=O) groups is 2. The van der Waals surface area contributed by atoms with Gasteiger partial charge in [-0.15, -0.1) is 0 Å². The fourth-order valence-electron chi connectivity index (χ4n) is 4.63. The lowest BCUT2D eigenvalue weighted by molar-refractivity contribution is -0.138. The number of aliphatic carboxylic acids is 1. The maximum atomic E-state index is 13.3. The van der Waals surface area contributed by atoms with Gasteiger partial charge in [-0.25, -0.2) is 4.79 Å². The molecule has 1 amide bonds. The summed E-state index contributed by atoms with van der Waals surface area (Å²) < 4.78 is 2.57. The van der Waals surface area contributed by atoms with Crippen molar-refractivity contribution in [1.82, 2.24) is 19.8 Å². The molecule has 2 fully saturated rings. The van der Waals surface area contributed by atoms with E-state index in [0.717, 1.165) is 19.3 Å². The van der Waals surface area contributed by atoms with Crippen molar-refractivity contribution in [3.8, 4) is 0 Å². The molecule has 0 aliphatic carbocycles. The molecular formula is C20H24N4O5. The molecule has 2 aromatic rings. The van der Waals surface area contributed by atoms with Crippen molar-refractivity contribution >= 4 is 22.8 Å². The lowest BCUT2D eigenvalue weighted by Crippen LogP contribution is -2.53. The first kappa shape index (κ1) is 19.4. The molecule has 0 saturated carbocycles. The largest absolute Gasteiger partial charge is 0.480 e. The molecule has 0 radical (unpaired) electrons. The number of nitrogens with one attached hydrogen (secondary N) is 2. The van der Waals surface area contributed by atoms with E-state index >= 15 is 0 Å². The van der Waals surface area contributed by atoms with Gasteiger partial charge in [-0.05, 0) is 37.8 Å². The van der Waals surface area contributed by atoms with Crippen molar-refractivity contribution in [2.75, 3.05) is 6.54 Å². The van der Waals surface area contributed by atoms with E-state index in [1.165, 1.54) is 9.13 Å². The second-order valence-electron chi connectivity index (χ2n) is 7.85. The van der Waals surface area contributed by atoms with Gasteiger partial charge in [0.1, 0.15) is 13.1 Å². The monoisotopic (exact) mass is 400 g/mol. The number of hydrogen-bond acceptors (Lipinski definition) is 5. The van der Waals surface area contributed by atoms with Crippen molar-refractivity contribution in [1.29, 1.82) is 0 Å². The van der Waals surface area contributed by atoms with E-state index < -0.39 is 24.1 Å². The fraction of sp³-hybridized carbons (Fsp3) is 0.500. The Kier molecular flexibility index (Phi) is 5.23. The highest BCUT2D eigenvalue weighted by Gasteiger charge is 2.34. The van der Waals surface area contributed by atoms with Gasteiger partial charge in [-0.1, -0.05) is 18.6 Å². The molecule has 3 heterocycles. The number of piperidine rings is 2. The number of carbonyl (C=O) groups excluding carboxylic acids is 1. The van der Waals surface area contributed by atoms with Gasteiger partial charge in [-0.2, -0.15) is 0 Å². The molecule has 29 heavy (non-hydrogen) atoms. The summed E-state index contributed by atoms with van der Waals surface area (Å²) in [6, 6.07) is 7.07. The zero-order chi connectivity index (χ0) is 20.5. The van der Waals surface area contributed by atoms with Crippen LogP contribution in [0.25, 0.3) is 10.9 Å². The van der Waals surface area contributed by atoms with Crippen molar-refractivity contribution < 1.29 is 14.7 Å². The van der Waals surface area contributed by atoms with Gasteiger partial charge >= 0.3 is 11.7 Å². The molecule has 154 valence electrons. The Morgan fingerprint density at radius 2 is 1.83 bits per heavy atom. The number of rotatable bonds is 5. The van der Waals surface area contributed by atoms with Crippen LogP contribution in [0.4, 0.5) is 0 Å². The van der Waals surface area contributed by atoms with Crippen LogP contribution in [0.2, 0.25) is 0 Å². The van der Waals surface area contributed by atoms with Crippen molar-refractivity contribution in [2.24, 2.45) is 0 Å². The standard InChI is InChI=1S/C20H24N4O5/c25-17(21-10-18(26)27)11-23-16-7-2-1-6-15(16)19(28)24(20(23)29)14-8-12-4-3-5-13(9-14)22-12/h1-2,6-7,12-14,22H,3-5,8-11H2,(H,21,25)(H,26,27). The summed E-state index contributed by atoms with van der Waals surface area (Å²) in [5, 5.41) is 15.0. The lowest BCUT2D eigenvalue weighted by Gasteiger charge is -2.40. The number of aromatic nitrogens is 2. The van der Waals surface area contributed by atoms with Crippen LogP contribution < -0.4 is 21.9 Å². The average Bonchev–Trinajstić information content (AvgIpc) is 2.69. The third-order valence-corrected chi connectivity index (χ3v) is 5.87. The second kappa shape index (κ2) is 7.82. The third kappa shape index (κ3) is 3.82.